The molecule has 4 heteroatoms. The first kappa shape index (κ1) is 18.7. The van der Waals surface area contributed by atoms with Gasteiger partial charge >= 0.3 is 0 Å². The molecule has 1 atom stereocenters. The van der Waals surface area contributed by atoms with E-state index in [4.69, 9.17) is 4.74 Å². The third-order valence-corrected chi connectivity index (χ3v) is 6.07. The number of aryl methyl sites for hydroxylation is 1. The number of fused-ring (bicyclic) bond motifs is 4. The number of aliphatic hydroxyl groups is 1. The van der Waals surface area contributed by atoms with Crippen LogP contribution >= 0.6 is 0 Å². The highest BCUT2D eigenvalue weighted by atomic mass is 16.5. The molecule has 1 aliphatic carbocycles. The maximum atomic E-state index is 12.2. The lowest BCUT2D eigenvalue weighted by molar-refractivity contribution is -0.111. The Bertz CT molecular complexity index is 1240. The summed E-state index contributed by atoms with van der Waals surface area (Å²) >= 11 is 0. The molecule has 30 heavy (non-hydrogen) atoms. The molecule has 1 aromatic heterocycles. The zero-order valence-corrected chi connectivity index (χ0v) is 17.1. The van der Waals surface area contributed by atoms with E-state index in [1.165, 1.54) is 41.8 Å². The lowest BCUT2D eigenvalue weighted by atomic mass is 10.00. The topological polar surface area (TPSA) is 51.5 Å². The van der Waals surface area contributed by atoms with Gasteiger partial charge in [-0.25, -0.2) is 0 Å². The minimum Gasteiger partial charge on any atom is -0.507 e. The number of unbranched alkanes of at least 4 members (excludes halogenated alkanes) is 3. The highest BCUT2D eigenvalue weighted by molar-refractivity contribution is 6.10. The Morgan fingerprint density at radius 1 is 1.03 bits per heavy atom. The van der Waals surface area contributed by atoms with Crippen LogP contribution in [0.3, 0.4) is 0 Å². The van der Waals surface area contributed by atoms with Gasteiger partial charge in [0, 0.05) is 33.9 Å². The number of carbonyl (C=O) groups is 1. The third kappa shape index (κ3) is 2.95. The van der Waals surface area contributed by atoms with Crippen molar-refractivity contribution in [3.63, 3.8) is 0 Å². The molecule has 1 N–H and O–H groups in total. The van der Waals surface area contributed by atoms with Crippen LogP contribution in [0.15, 0.2) is 77.8 Å². The van der Waals surface area contributed by atoms with Crippen LogP contribution in [0.1, 0.15) is 44.3 Å². The number of ether oxygens (including phenoxy) is 1. The first-order valence-corrected chi connectivity index (χ1v) is 10.7. The van der Waals surface area contributed by atoms with Crippen molar-refractivity contribution >= 4 is 27.6 Å². The van der Waals surface area contributed by atoms with Gasteiger partial charge in [0.15, 0.2) is 17.6 Å². The Morgan fingerprint density at radius 2 is 1.87 bits per heavy atom. The molecule has 2 aliphatic rings. The van der Waals surface area contributed by atoms with E-state index in [0.29, 0.717) is 5.76 Å². The smallest absolute Gasteiger partial charge is 0.193 e. The minimum atomic E-state index is -0.647. The predicted molar refractivity (Wildman–Crippen MR) is 119 cm³/mol. The number of para-hydroxylation sites is 1. The van der Waals surface area contributed by atoms with Gasteiger partial charge in [-0.2, -0.15) is 0 Å². The van der Waals surface area contributed by atoms with Crippen LogP contribution in [0.25, 0.3) is 21.8 Å². The molecule has 0 radical (unpaired) electrons. The fourth-order valence-electron chi connectivity index (χ4n) is 4.57. The maximum Gasteiger partial charge on any atom is 0.193 e. The summed E-state index contributed by atoms with van der Waals surface area (Å²) in [6, 6.07) is 14.7. The number of aliphatic hydroxyl groups excluding tert-OH is 1. The number of rotatable bonds is 6. The Hall–Kier alpha value is -3.27. The first-order valence-electron chi connectivity index (χ1n) is 10.7. The van der Waals surface area contributed by atoms with E-state index in [-0.39, 0.29) is 17.1 Å². The second-order valence-corrected chi connectivity index (χ2v) is 8.02. The molecule has 2 aromatic carbocycles. The molecule has 0 bridgehead atoms. The fraction of sp³-hybridized carbons (Fsp3) is 0.269. The molecular weight excluding hydrogens is 374 g/mol. The first-order chi connectivity index (χ1) is 14.7. The van der Waals surface area contributed by atoms with Crippen molar-refractivity contribution in [3.8, 4) is 0 Å². The van der Waals surface area contributed by atoms with Crippen molar-refractivity contribution < 1.29 is 14.6 Å². The average Bonchev–Trinajstić information content (AvgIpc) is 3.27. The number of hydrogen-bond donors (Lipinski definition) is 1. The lowest BCUT2D eigenvalue weighted by Crippen LogP contribution is -2.03. The molecule has 152 valence electrons. The largest absolute Gasteiger partial charge is 0.507 e. The van der Waals surface area contributed by atoms with Crippen LogP contribution in [0.4, 0.5) is 0 Å². The van der Waals surface area contributed by atoms with Crippen LogP contribution in [-0.2, 0) is 16.1 Å². The van der Waals surface area contributed by atoms with Gasteiger partial charge in [-0.15, -0.1) is 0 Å². The molecule has 0 amide bonds. The summed E-state index contributed by atoms with van der Waals surface area (Å²) in [5.41, 5.74) is 3.55. The minimum absolute atomic E-state index is 0.00162. The normalized spacial score (nSPS) is 18.2. The molecule has 1 unspecified atom stereocenters. The van der Waals surface area contributed by atoms with Gasteiger partial charge in [0.25, 0.3) is 0 Å². The van der Waals surface area contributed by atoms with Crippen molar-refractivity contribution in [2.45, 2.75) is 45.3 Å². The summed E-state index contributed by atoms with van der Waals surface area (Å²) in [6.45, 7) is 3.22. The molecule has 4 nitrogen and oxygen atoms in total. The predicted octanol–water partition coefficient (Wildman–Crippen LogP) is 6.28. The van der Waals surface area contributed by atoms with Crippen LogP contribution in [0.5, 0.6) is 0 Å². The molecule has 2 heterocycles. The van der Waals surface area contributed by atoms with E-state index in [0.717, 1.165) is 23.9 Å². The van der Waals surface area contributed by atoms with E-state index >= 15 is 0 Å². The maximum absolute atomic E-state index is 12.2. The molecule has 3 aromatic rings. The number of nitrogens with zero attached hydrogens (tertiary/aromatic N) is 1. The monoisotopic (exact) mass is 399 g/mol. The van der Waals surface area contributed by atoms with Crippen LogP contribution in [0, 0.1) is 0 Å². The number of allylic oxidation sites excluding steroid dienone is 4. The SMILES string of the molecule is CCCCCCn1c2ccccc2c2cc(C3OC4=CC=CC(=O)C4=C3O)ccc21. The van der Waals surface area contributed by atoms with E-state index in [1.54, 1.807) is 12.2 Å². The van der Waals surface area contributed by atoms with Crippen LogP contribution in [0.2, 0.25) is 0 Å². The van der Waals surface area contributed by atoms with Gasteiger partial charge in [0.1, 0.15) is 11.3 Å². The summed E-state index contributed by atoms with van der Waals surface area (Å²) in [6.07, 6.45) is 9.08. The molecular formula is C26H25NO3. The second kappa shape index (κ2) is 7.52. The molecule has 0 saturated heterocycles. The highest BCUT2D eigenvalue weighted by Gasteiger charge is 2.36. The standard InChI is InChI=1S/C26H25NO3/c1-2-3-4-7-15-27-20-10-6-5-9-18(20)19-16-17(13-14-21(19)27)26-25(29)24-22(28)11-8-12-23(24)30-26/h5-6,8-14,16,26,29H,2-4,7,15H2,1H3. The van der Waals surface area contributed by atoms with Crippen molar-refractivity contribution in [1.29, 1.82) is 0 Å². The van der Waals surface area contributed by atoms with Crippen molar-refractivity contribution in [1.82, 2.24) is 4.57 Å². The van der Waals surface area contributed by atoms with Gasteiger partial charge in [-0.3, -0.25) is 4.79 Å². The van der Waals surface area contributed by atoms with E-state index in [9.17, 15) is 9.90 Å². The summed E-state index contributed by atoms with van der Waals surface area (Å²) < 4.78 is 8.35. The average molecular weight is 399 g/mol. The lowest BCUT2D eigenvalue weighted by Gasteiger charge is -2.13. The van der Waals surface area contributed by atoms with Crippen molar-refractivity contribution in [2.75, 3.05) is 0 Å². The quantitative estimate of drug-likeness (QED) is 0.496. The van der Waals surface area contributed by atoms with E-state index in [1.807, 2.05) is 6.07 Å². The Balaban J connectivity index is 1.57. The van der Waals surface area contributed by atoms with Gasteiger partial charge in [0.2, 0.25) is 0 Å². The van der Waals surface area contributed by atoms with Gasteiger partial charge in [0.05, 0.1) is 0 Å². The number of hydrogen-bond acceptors (Lipinski definition) is 3. The Kier molecular flexibility index (Phi) is 4.70. The molecule has 0 fully saturated rings. The van der Waals surface area contributed by atoms with Crippen LogP contribution < -0.4 is 0 Å². The van der Waals surface area contributed by atoms with Gasteiger partial charge < -0.3 is 14.4 Å². The third-order valence-electron chi connectivity index (χ3n) is 6.07. The number of carbonyl (C=O) groups excluding carboxylic acids is 1. The highest BCUT2D eigenvalue weighted by Crippen LogP contribution is 2.42. The van der Waals surface area contributed by atoms with Gasteiger partial charge in [-0.05, 0) is 36.8 Å². The Morgan fingerprint density at radius 3 is 2.70 bits per heavy atom. The molecule has 0 saturated carbocycles. The van der Waals surface area contributed by atoms with Crippen molar-refractivity contribution in [2.24, 2.45) is 0 Å². The fourth-order valence-corrected chi connectivity index (χ4v) is 4.57. The van der Waals surface area contributed by atoms with Crippen LogP contribution in [-0.4, -0.2) is 15.5 Å². The molecule has 1 aliphatic heterocycles. The molecule has 5 rings (SSSR count). The summed E-state index contributed by atoms with van der Waals surface area (Å²) in [5.74, 6) is 0.235. The number of aromatic nitrogens is 1. The number of benzene rings is 2. The van der Waals surface area contributed by atoms with Gasteiger partial charge in [-0.1, -0.05) is 56.5 Å². The molecule has 0 spiro atoms. The summed E-state index contributed by atoms with van der Waals surface area (Å²) in [7, 11) is 0. The van der Waals surface area contributed by atoms with E-state index < -0.39 is 6.10 Å². The number of ketones is 1. The summed E-state index contributed by atoms with van der Waals surface area (Å²) in [5, 5.41) is 13.1. The van der Waals surface area contributed by atoms with Crippen molar-refractivity contribution in [3.05, 3.63) is 83.3 Å². The zero-order valence-electron chi connectivity index (χ0n) is 17.1. The second-order valence-electron chi connectivity index (χ2n) is 8.02. The Labute approximate surface area is 175 Å². The zero-order chi connectivity index (χ0) is 20.7. The summed E-state index contributed by atoms with van der Waals surface area (Å²) in [4.78, 5) is 12.2. The van der Waals surface area contributed by atoms with E-state index in [2.05, 4.69) is 47.9 Å².